The number of fused-ring (bicyclic) bond motifs is 1. The van der Waals surface area contributed by atoms with E-state index in [0.29, 0.717) is 39.3 Å². The summed E-state index contributed by atoms with van der Waals surface area (Å²) in [5.41, 5.74) is 7.43. The molecule has 0 saturated heterocycles. The third-order valence-corrected chi connectivity index (χ3v) is 5.15. The Hall–Kier alpha value is -2.15. The van der Waals surface area contributed by atoms with Crippen LogP contribution < -0.4 is 5.73 Å². The van der Waals surface area contributed by atoms with Crippen LogP contribution in [0.2, 0.25) is 10.0 Å². The highest BCUT2D eigenvalue weighted by Crippen LogP contribution is 2.28. The number of hydrogen-bond donors (Lipinski definition) is 1. The number of anilines is 1. The summed E-state index contributed by atoms with van der Waals surface area (Å²) >= 11 is 14.0. The third kappa shape index (κ3) is 2.73. The molecule has 0 radical (unpaired) electrons. The molecule has 0 aliphatic rings. The molecule has 8 heteroatoms. The first kappa shape index (κ1) is 15.4. The van der Waals surface area contributed by atoms with Crippen LogP contribution in [0.15, 0.2) is 41.9 Å². The molecule has 0 fully saturated rings. The van der Waals surface area contributed by atoms with Crippen molar-refractivity contribution in [3.8, 4) is 10.7 Å². The van der Waals surface area contributed by atoms with Gasteiger partial charge < -0.3 is 5.73 Å². The van der Waals surface area contributed by atoms with Gasteiger partial charge in [0.05, 0.1) is 16.8 Å². The first-order chi connectivity index (χ1) is 11.6. The van der Waals surface area contributed by atoms with E-state index in [1.807, 2.05) is 29.8 Å². The number of thiophene rings is 1. The molecular formula is C16H11Cl2N5S. The van der Waals surface area contributed by atoms with Gasteiger partial charge >= 0.3 is 0 Å². The number of rotatable bonds is 3. The van der Waals surface area contributed by atoms with Crippen molar-refractivity contribution in [1.82, 2.24) is 19.7 Å². The molecule has 3 heterocycles. The molecule has 0 atom stereocenters. The number of nitrogen functional groups attached to an aromatic ring is 1. The minimum absolute atomic E-state index is 0.403. The number of nitrogens with two attached hydrogens (primary N) is 1. The summed E-state index contributed by atoms with van der Waals surface area (Å²) in [6, 6.07) is 9.31. The van der Waals surface area contributed by atoms with Crippen molar-refractivity contribution >= 4 is 51.4 Å². The van der Waals surface area contributed by atoms with Gasteiger partial charge in [-0.05, 0) is 23.6 Å². The molecule has 5 nitrogen and oxygen atoms in total. The van der Waals surface area contributed by atoms with E-state index in [9.17, 15) is 0 Å². The molecule has 0 saturated carbocycles. The minimum atomic E-state index is 0.403. The number of nitrogens with zero attached hydrogens (tertiary/aromatic N) is 4. The monoisotopic (exact) mass is 375 g/mol. The second-order valence-electron chi connectivity index (χ2n) is 5.17. The fraction of sp³-hybridized carbons (Fsp3) is 0.0625. The van der Waals surface area contributed by atoms with Crippen LogP contribution in [0.3, 0.4) is 0 Å². The van der Waals surface area contributed by atoms with Crippen molar-refractivity contribution in [2.75, 3.05) is 5.73 Å². The summed E-state index contributed by atoms with van der Waals surface area (Å²) in [7, 11) is 0. The Morgan fingerprint density at radius 3 is 2.58 bits per heavy atom. The highest BCUT2D eigenvalue weighted by Gasteiger charge is 2.13. The maximum absolute atomic E-state index is 6.23. The largest absolute Gasteiger partial charge is 0.383 e. The van der Waals surface area contributed by atoms with Gasteiger partial charge in [0.25, 0.3) is 0 Å². The van der Waals surface area contributed by atoms with Crippen molar-refractivity contribution in [3.05, 3.63) is 57.5 Å². The molecule has 0 amide bonds. The van der Waals surface area contributed by atoms with E-state index < -0.39 is 0 Å². The van der Waals surface area contributed by atoms with Crippen molar-refractivity contribution in [3.63, 3.8) is 0 Å². The Kier molecular flexibility index (Phi) is 3.88. The van der Waals surface area contributed by atoms with Crippen LogP contribution in [0.25, 0.3) is 21.7 Å². The van der Waals surface area contributed by atoms with E-state index in [4.69, 9.17) is 28.9 Å². The van der Waals surface area contributed by atoms with Crippen LogP contribution >= 0.6 is 34.5 Å². The Morgan fingerprint density at radius 1 is 1.08 bits per heavy atom. The number of aromatic nitrogens is 4. The SMILES string of the molecule is Nc1nc(-c2cccs2)nc2nn(Cc3c(Cl)cccc3Cl)cc12. The summed E-state index contributed by atoms with van der Waals surface area (Å²) in [6.07, 6.45) is 1.81. The van der Waals surface area contributed by atoms with E-state index in [-0.39, 0.29) is 0 Å². The van der Waals surface area contributed by atoms with Gasteiger partial charge in [-0.2, -0.15) is 5.10 Å². The average molecular weight is 376 g/mol. The van der Waals surface area contributed by atoms with Crippen LogP contribution in [0.1, 0.15) is 5.56 Å². The molecule has 0 aliphatic heterocycles. The van der Waals surface area contributed by atoms with E-state index in [0.717, 1.165) is 10.4 Å². The highest BCUT2D eigenvalue weighted by molar-refractivity contribution is 7.13. The lowest BCUT2D eigenvalue weighted by molar-refractivity contribution is 0.693. The summed E-state index contributed by atoms with van der Waals surface area (Å²) in [5, 5.41) is 8.37. The molecule has 4 rings (SSSR count). The summed E-state index contributed by atoms with van der Waals surface area (Å²) in [6.45, 7) is 0.433. The molecule has 0 bridgehead atoms. The zero-order valence-corrected chi connectivity index (χ0v) is 14.6. The van der Waals surface area contributed by atoms with Crippen molar-refractivity contribution in [2.45, 2.75) is 6.54 Å². The first-order valence-corrected chi connectivity index (χ1v) is 8.73. The van der Waals surface area contributed by atoms with E-state index in [2.05, 4.69) is 15.1 Å². The second-order valence-corrected chi connectivity index (χ2v) is 6.94. The number of halogens is 2. The minimum Gasteiger partial charge on any atom is -0.383 e. The Morgan fingerprint density at radius 2 is 1.88 bits per heavy atom. The van der Waals surface area contributed by atoms with Gasteiger partial charge in [-0.1, -0.05) is 35.3 Å². The summed E-state index contributed by atoms with van der Waals surface area (Å²) in [4.78, 5) is 9.83. The standard InChI is InChI=1S/C16H11Cl2N5S/c17-11-3-1-4-12(18)9(11)7-23-8-10-14(19)20-16(21-15(10)22-23)13-5-2-6-24-13/h1-6,8H,7H2,(H2,19,20,21,22). The third-order valence-electron chi connectivity index (χ3n) is 3.58. The molecule has 120 valence electrons. The number of hydrogen-bond acceptors (Lipinski definition) is 5. The Bertz CT molecular complexity index is 1010. The van der Waals surface area contributed by atoms with Crippen molar-refractivity contribution in [2.24, 2.45) is 0 Å². The highest BCUT2D eigenvalue weighted by atomic mass is 35.5. The summed E-state index contributed by atoms with van der Waals surface area (Å²) < 4.78 is 1.72. The lowest BCUT2D eigenvalue weighted by atomic mass is 10.2. The van der Waals surface area contributed by atoms with Gasteiger partial charge in [0.1, 0.15) is 5.82 Å². The molecule has 1 aromatic carbocycles. The fourth-order valence-corrected chi connectivity index (χ4v) is 3.59. The Balaban J connectivity index is 1.77. The maximum Gasteiger partial charge on any atom is 0.186 e. The number of benzene rings is 1. The van der Waals surface area contributed by atoms with Gasteiger partial charge in [-0.25, -0.2) is 9.97 Å². The second kappa shape index (κ2) is 6.05. The molecular weight excluding hydrogens is 365 g/mol. The van der Waals surface area contributed by atoms with Crippen LogP contribution in [-0.4, -0.2) is 19.7 Å². The van der Waals surface area contributed by atoms with E-state index in [1.54, 1.807) is 28.2 Å². The maximum atomic E-state index is 6.23. The van der Waals surface area contributed by atoms with Crippen LogP contribution in [0, 0.1) is 0 Å². The predicted octanol–water partition coefficient (Wildman–Crippen LogP) is 4.49. The van der Waals surface area contributed by atoms with Crippen LogP contribution in [0.4, 0.5) is 5.82 Å². The van der Waals surface area contributed by atoms with E-state index in [1.165, 1.54) is 0 Å². The van der Waals surface area contributed by atoms with Crippen LogP contribution in [0.5, 0.6) is 0 Å². The van der Waals surface area contributed by atoms with Gasteiger partial charge in [0.15, 0.2) is 11.5 Å². The van der Waals surface area contributed by atoms with Crippen molar-refractivity contribution < 1.29 is 0 Å². The molecule has 0 spiro atoms. The predicted molar refractivity (Wildman–Crippen MR) is 98.6 cm³/mol. The molecule has 2 N–H and O–H groups in total. The van der Waals surface area contributed by atoms with Gasteiger partial charge in [0.2, 0.25) is 0 Å². The molecule has 0 aliphatic carbocycles. The molecule has 4 aromatic rings. The summed E-state index contributed by atoms with van der Waals surface area (Å²) in [5.74, 6) is 0.982. The zero-order valence-electron chi connectivity index (χ0n) is 12.3. The molecule has 0 unspecified atom stereocenters. The van der Waals surface area contributed by atoms with Crippen LogP contribution in [-0.2, 0) is 6.54 Å². The van der Waals surface area contributed by atoms with E-state index >= 15 is 0 Å². The zero-order chi connectivity index (χ0) is 16.7. The Labute approximate surface area is 151 Å². The lowest BCUT2D eigenvalue weighted by Crippen LogP contribution is -2.01. The average Bonchev–Trinajstić information content (AvgIpc) is 3.20. The molecule has 3 aromatic heterocycles. The van der Waals surface area contributed by atoms with Gasteiger partial charge in [0, 0.05) is 21.8 Å². The van der Waals surface area contributed by atoms with Gasteiger partial charge in [-0.15, -0.1) is 11.3 Å². The fourth-order valence-electron chi connectivity index (χ4n) is 2.42. The smallest absolute Gasteiger partial charge is 0.186 e. The molecule has 24 heavy (non-hydrogen) atoms. The lowest BCUT2D eigenvalue weighted by Gasteiger charge is -2.06. The first-order valence-electron chi connectivity index (χ1n) is 7.09. The van der Waals surface area contributed by atoms with Gasteiger partial charge in [-0.3, -0.25) is 4.68 Å². The topological polar surface area (TPSA) is 69.6 Å². The van der Waals surface area contributed by atoms with Crippen molar-refractivity contribution in [1.29, 1.82) is 0 Å². The normalized spacial score (nSPS) is 11.2. The quantitative estimate of drug-likeness (QED) is 0.572.